The molecule has 0 radical (unpaired) electrons. The van der Waals surface area contributed by atoms with E-state index in [4.69, 9.17) is 0 Å². The highest BCUT2D eigenvalue weighted by Crippen LogP contribution is 2.27. The first kappa shape index (κ1) is 17.4. The van der Waals surface area contributed by atoms with Crippen LogP contribution in [0, 0.1) is 17.0 Å². The Kier molecular flexibility index (Phi) is 6.08. The van der Waals surface area contributed by atoms with E-state index in [9.17, 15) is 18.7 Å². The van der Waals surface area contributed by atoms with Gasteiger partial charge in [0, 0.05) is 18.0 Å². The Morgan fingerprint density at radius 2 is 1.90 bits per heavy atom. The van der Waals surface area contributed by atoms with Crippen molar-refractivity contribution in [2.75, 3.05) is 25.6 Å². The van der Waals surface area contributed by atoms with E-state index < -0.39 is 17.6 Å². The standard InChI is InChI=1S/C15H21F2NO3/c1-4-15(5-2,9-19)8-18-13-6-10(14(20)21-3)11(16)7-12(13)17/h6-7,18-19H,4-5,8-9H2,1-3H3. The quantitative estimate of drug-likeness (QED) is 0.760. The van der Waals surface area contributed by atoms with Gasteiger partial charge in [0.2, 0.25) is 0 Å². The maximum Gasteiger partial charge on any atom is 0.340 e. The van der Waals surface area contributed by atoms with Gasteiger partial charge < -0.3 is 15.2 Å². The van der Waals surface area contributed by atoms with E-state index in [2.05, 4.69) is 10.1 Å². The van der Waals surface area contributed by atoms with Crippen LogP contribution in [-0.2, 0) is 4.74 Å². The minimum atomic E-state index is -0.968. The van der Waals surface area contributed by atoms with E-state index in [1.807, 2.05) is 13.8 Å². The van der Waals surface area contributed by atoms with Gasteiger partial charge in [-0.2, -0.15) is 0 Å². The Labute approximate surface area is 123 Å². The number of carbonyl (C=O) groups is 1. The fourth-order valence-electron chi connectivity index (χ4n) is 2.01. The number of aliphatic hydroxyl groups excluding tert-OH is 1. The molecule has 21 heavy (non-hydrogen) atoms. The molecule has 0 amide bonds. The average Bonchev–Trinajstić information content (AvgIpc) is 2.50. The van der Waals surface area contributed by atoms with Gasteiger partial charge in [-0.15, -0.1) is 0 Å². The van der Waals surface area contributed by atoms with E-state index in [0.29, 0.717) is 25.5 Å². The number of esters is 1. The van der Waals surface area contributed by atoms with Crippen molar-refractivity contribution in [1.29, 1.82) is 0 Å². The van der Waals surface area contributed by atoms with Crippen molar-refractivity contribution in [1.82, 2.24) is 0 Å². The van der Waals surface area contributed by atoms with Crippen LogP contribution >= 0.6 is 0 Å². The number of anilines is 1. The highest BCUT2D eigenvalue weighted by molar-refractivity contribution is 5.90. The molecule has 0 saturated carbocycles. The zero-order chi connectivity index (χ0) is 16.0. The van der Waals surface area contributed by atoms with Crippen LogP contribution in [0.4, 0.5) is 14.5 Å². The molecule has 0 aromatic heterocycles. The SMILES string of the molecule is CCC(CC)(CO)CNc1cc(C(=O)OC)c(F)cc1F. The van der Waals surface area contributed by atoms with Crippen molar-refractivity contribution >= 4 is 11.7 Å². The zero-order valence-electron chi connectivity index (χ0n) is 12.5. The van der Waals surface area contributed by atoms with Gasteiger partial charge in [-0.05, 0) is 18.9 Å². The number of hydrogen-bond donors (Lipinski definition) is 2. The van der Waals surface area contributed by atoms with Crippen molar-refractivity contribution in [2.45, 2.75) is 26.7 Å². The fourth-order valence-corrected chi connectivity index (χ4v) is 2.01. The van der Waals surface area contributed by atoms with Crippen molar-refractivity contribution in [2.24, 2.45) is 5.41 Å². The van der Waals surface area contributed by atoms with Gasteiger partial charge in [0.25, 0.3) is 0 Å². The molecule has 1 rings (SSSR count). The molecule has 4 nitrogen and oxygen atoms in total. The minimum absolute atomic E-state index is 0.0107. The van der Waals surface area contributed by atoms with Crippen LogP contribution in [0.1, 0.15) is 37.0 Å². The monoisotopic (exact) mass is 301 g/mol. The molecule has 0 fully saturated rings. The topological polar surface area (TPSA) is 58.6 Å². The number of halogens is 2. The van der Waals surface area contributed by atoms with Crippen LogP contribution in [0.5, 0.6) is 0 Å². The summed E-state index contributed by atoms with van der Waals surface area (Å²) in [6.45, 7) is 4.14. The Bertz CT molecular complexity index is 494. The molecular weight excluding hydrogens is 280 g/mol. The number of aliphatic hydroxyl groups is 1. The minimum Gasteiger partial charge on any atom is -0.465 e. The summed E-state index contributed by atoms with van der Waals surface area (Å²) in [6.07, 6.45) is 1.42. The van der Waals surface area contributed by atoms with Gasteiger partial charge in [-0.3, -0.25) is 0 Å². The average molecular weight is 301 g/mol. The molecule has 6 heteroatoms. The number of benzene rings is 1. The Balaban J connectivity index is 3.01. The summed E-state index contributed by atoms with van der Waals surface area (Å²) in [5.74, 6) is -2.63. The maximum atomic E-state index is 13.8. The molecule has 0 unspecified atom stereocenters. The molecular formula is C15H21F2NO3. The second-order valence-electron chi connectivity index (χ2n) is 5.02. The van der Waals surface area contributed by atoms with E-state index in [1.165, 1.54) is 0 Å². The van der Waals surface area contributed by atoms with Gasteiger partial charge in [0.15, 0.2) is 0 Å². The molecule has 0 aliphatic carbocycles. The lowest BCUT2D eigenvalue weighted by molar-refractivity contribution is 0.0595. The van der Waals surface area contributed by atoms with E-state index >= 15 is 0 Å². The van der Waals surface area contributed by atoms with E-state index in [-0.39, 0.29) is 23.3 Å². The summed E-state index contributed by atoms with van der Waals surface area (Å²) in [5.41, 5.74) is -0.702. The number of methoxy groups -OCH3 is 1. The first-order chi connectivity index (χ1) is 9.92. The number of nitrogens with one attached hydrogen (secondary N) is 1. The second kappa shape index (κ2) is 7.36. The third-order valence-electron chi connectivity index (χ3n) is 3.95. The third kappa shape index (κ3) is 3.91. The van der Waals surface area contributed by atoms with Crippen LogP contribution in [0.3, 0.4) is 0 Å². The molecule has 0 spiro atoms. The fraction of sp³-hybridized carbons (Fsp3) is 0.533. The van der Waals surface area contributed by atoms with E-state index in [1.54, 1.807) is 0 Å². The summed E-state index contributed by atoms with van der Waals surface area (Å²) < 4.78 is 31.8. The van der Waals surface area contributed by atoms with Crippen molar-refractivity contribution in [3.63, 3.8) is 0 Å². The molecule has 0 atom stereocenters. The predicted octanol–water partition coefficient (Wildman–Crippen LogP) is 2.96. The van der Waals surface area contributed by atoms with Crippen LogP contribution < -0.4 is 5.32 Å². The van der Waals surface area contributed by atoms with Crippen LogP contribution in [0.15, 0.2) is 12.1 Å². The first-order valence-electron chi connectivity index (χ1n) is 6.85. The summed E-state index contributed by atoms with van der Waals surface area (Å²) in [7, 11) is 1.13. The summed E-state index contributed by atoms with van der Waals surface area (Å²) in [6, 6.07) is 1.73. The second-order valence-corrected chi connectivity index (χ2v) is 5.02. The summed E-state index contributed by atoms with van der Waals surface area (Å²) >= 11 is 0. The van der Waals surface area contributed by atoms with Gasteiger partial charge in [-0.25, -0.2) is 13.6 Å². The number of carbonyl (C=O) groups excluding carboxylic acids is 1. The zero-order valence-corrected chi connectivity index (χ0v) is 12.5. The molecule has 1 aromatic carbocycles. The Morgan fingerprint density at radius 1 is 1.29 bits per heavy atom. The first-order valence-corrected chi connectivity index (χ1v) is 6.85. The molecule has 0 heterocycles. The van der Waals surface area contributed by atoms with Gasteiger partial charge in [-0.1, -0.05) is 13.8 Å². The van der Waals surface area contributed by atoms with E-state index in [0.717, 1.165) is 13.2 Å². The highest BCUT2D eigenvalue weighted by atomic mass is 19.1. The van der Waals surface area contributed by atoms with Crippen molar-refractivity contribution in [3.05, 3.63) is 29.3 Å². The lowest BCUT2D eigenvalue weighted by Gasteiger charge is -2.30. The third-order valence-corrected chi connectivity index (χ3v) is 3.95. The summed E-state index contributed by atoms with van der Waals surface area (Å²) in [5, 5.41) is 12.3. The molecule has 0 aliphatic rings. The lowest BCUT2D eigenvalue weighted by atomic mass is 9.83. The molecule has 0 aliphatic heterocycles. The van der Waals surface area contributed by atoms with Crippen LogP contribution in [-0.4, -0.2) is 31.3 Å². The molecule has 0 bridgehead atoms. The largest absolute Gasteiger partial charge is 0.465 e. The number of ether oxygens (including phenoxy) is 1. The normalized spacial score (nSPS) is 11.3. The lowest BCUT2D eigenvalue weighted by Crippen LogP contribution is -2.32. The Morgan fingerprint density at radius 3 is 2.38 bits per heavy atom. The van der Waals surface area contributed by atoms with Gasteiger partial charge >= 0.3 is 5.97 Å². The summed E-state index contributed by atoms with van der Waals surface area (Å²) in [4.78, 5) is 11.4. The molecule has 1 aromatic rings. The molecule has 118 valence electrons. The molecule has 2 N–H and O–H groups in total. The van der Waals surface area contributed by atoms with Crippen molar-refractivity contribution in [3.8, 4) is 0 Å². The van der Waals surface area contributed by atoms with Crippen molar-refractivity contribution < 1.29 is 23.4 Å². The smallest absolute Gasteiger partial charge is 0.340 e. The van der Waals surface area contributed by atoms with Crippen LogP contribution in [0.2, 0.25) is 0 Å². The van der Waals surface area contributed by atoms with Crippen LogP contribution in [0.25, 0.3) is 0 Å². The molecule has 0 saturated heterocycles. The highest BCUT2D eigenvalue weighted by Gasteiger charge is 2.26. The number of rotatable bonds is 7. The maximum absolute atomic E-state index is 13.8. The predicted molar refractivity (Wildman–Crippen MR) is 76.3 cm³/mol. The Hall–Kier alpha value is -1.69. The van der Waals surface area contributed by atoms with Gasteiger partial charge in [0.05, 0.1) is 25.0 Å². The number of hydrogen-bond acceptors (Lipinski definition) is 4. The van der Waals surface area contributed by atoms with Gasteiger partial charge in [0.1, 0.15) is 11.6 Å².